The number of esters is 1. The molecule has 0 aliphatic carbocycles. The fourth-order valence-corrected chi connectivity index (χ4v) is 1.30. The summed E-state index contributed by atoms with van der Waals surface area (Å²) in [6, 6.07) is 7.04. The summed E-state index contributed by atoms with van der Waals surface area (Å²) in [6.45, 7) is 4.70. The molecule has 1 aromatic carbocycles. The van der Waals surface area contributed by atoms with Gasteiger partial charge in [-0.15, -0.1) is 11.6 Å². The highest BCUT2D eigenvalue weighted by molar-refractivity contribution is 6.17. The molecule has 1 rings (SSSR count). The Hall–Kier alpha value is -1.32. The Bertz CT molecular complexity index is 359. The van der Waals surface area contributed by atoms with Gasteiger partial charge in [0.15, 0.2) is 0 Å². The summed E-state index contributed by atoms with van der Waals surface area (Å²) in [4.78, 5) is 11.5. The van der Waals surface area contributed by atoms with Gasteiger partial charge in [-0.25, -0.2) is 4.79 Å². The van der Waals surface area contributed by atoms with E-state index in [1.807, 2.05) is 12.1 Å². The van der Waals surface area contributed by atoms with Crippen LogP contribution in [0.1, 0.15) is 15.9 Å². The first kappa shape index (κ1) is 13.7. The zero-order chi connectivity index (χ0) is 12.5. The summed E-state index contributed by atoms with van der Waals surface area (Å²) in [6.07, 6.45) is 1.72. The molecule has 0 heterocycles. The molecule has 0 radical (unpaired) electrons. The minimum absolute atomic E-state index is 0.235. The van der Waals surface area contributed by atoms with Crippen molar-refractivity contribution < 1.29 is 14.3 Å². The maximum absolute atomic E-state index is 11.5. The maximum Gasteiger partial charge on any atom is 0.338 e. The molecule has 0 N–H and O–H groups in total. The third-order valence-corrected chi connectivity index (χ3v) is 2.22. The van der Waals surface area contributed by atoms with Crippen LogP contribution in [0.5, 0.6) is 0 Å². The van der Waals surface area contributed by atoms with E-state index in [1.54, 1.807) is 18.2 Å². The zero-order valence-electron chi connectivity index (χ0n) is 9.52. The van der Waals surface area contributed by atoms with Crippen LogP contribution in [0.3, 0.4) is 0 Å². The number of halogens is 1. The van der Waals surface area contributed by atoms with Crippen LogP contribution in [-0.2, 0) is 9.47 Å². The first-order valence-electron chi connectivity index (χ1n) is 5.31. The lowest BCUT2D eigenvalue weighted by molar-refractivity contribution is 0.0338. The van der Waals surface area contributed by atoms with Gasteiger partial charge in [0.05, 0.1) is 18.8 Å². The van der Waals surface area contributed by atoms with Crippen molar-refractivity contribution in [2.24, 2.45) is 0 Å². The molecule has 0 fully saturated rings. The Morgan fingerprint density at radius 3 is 2.53 bits per heavy atom. The monoisotopic (exact) mass is 254 g/mol. The first-order valence-corrected chi connectivity index (χ1v) is 5.84. The highest BCUT2D eigenvalue weighted by atomic mass is 35.5. The molecule has 4 heteroatoms. The number of hydrogen-bond donors (Lipinski definition) is 0. The Labute approximate surface area is 106 Å². The number of hydrogen-bond acceptors (Lipinski definition) is 3. The van der Waals surface area contributed by atoms with Gasteiger partial charge >= 0.3 is 5.97 Å². The number of alkyl halides is 1. The SMILES string of the molecule is C=Cc1ccc(C(=O)OCCOCCCl)cc1. The van der Waals surface area contributed by atoms with E-state index in [0.29, 0.717) is 24.7 Å². The van der Waals surface area contributed by atoms with Gasteiger partial charge in [0, 0.05) is 5.88 Å². The Morgan fingerprint density at radius 2 is 1.94 bits per heavy atom. The van der Waals surface area contributed by atoms with Gasteiger partial charge in [0.1, 0.15) is 6.61 Å². The Kier molecular flexibility index (Phi) is 6.37. The zero-order valence-corrected chi connectivity index (χ0v) is 10.3. The van der Waals surface area contributed by atoms with Gasteiger partial charge in [-0.1, -0.05) is 24.8 Å². The molecule has 0 bridgehead atoms. The van der Waals surface area contributed by atoms with Crippen LogP contribution in [0.15, 0.2) is 30.8 Å². The van der Waals surface area contributed by atoms with E-state index in [-0.39, 0.29) is 12.6 Å². The van der Waals surface area contributed by atoms with E-state index < -0.39 is 0 Å². The standard InChI is InChI=1S/C13H15ClO3/c1-2-11-3-5-12(6-4-11)13(15)17-10-9-16-8-7-14/h2-6H,1,7-10H2. The van der Waals surface area contributed by atoms with Crippen molar-refractivity contribution in [3.8, 4) is 0 Å². The van der Waals surface area contributed by atoms with E-state index in [9.17, 15) is 4.79 Å². The Balaban J connectivity index is 2.33. The summed E-state index contributed by atoms with van der Waals surface area (Å²) in [5.41, 5.74) is 1.49. The molecule has 3 nitrogen and oxygen atoms in total. The minimum atomic E-state index is -0.352. The topological polar surface area (TPSA) is 35.5 Å². The molecule has 0 saturated carbocycles. The summed E-state index contributed by atoms with van der Waals surface area (Å²) >= 11 is 5.43. The van der Waals surface area contributed by atoms with E-state index in [4.69, 9.17) is 21.1 Å². The Morgan fingerprint density at radius 1 is 1.24 bits per heavy atom. The van der Waals surface area contributed by atoms with Gasteiger partial charge in [-0.3, -0.25) is 0 Å². The van der Waals surface area contributed by atoms with Crippen LogP contribution in [0, 0.1) is 0 Å². The van der Waals surface area contributed by atoms with Gasteiger partial charge < -0.3 is 9.47 Å². The number of carbonyl (C=O) groups excluding carboxylic acids is 1. The lowest BCUT2D eigenvalue weighted by Gasteiger charge is -2.05. The molecule has 0 saturated heterocycles. The van der Waals surface area contributed by atoms with Crippen LogP contribution in [0.4, 0.5) is 0 Å². The number of benzene rings is 1. The first-order chi connectivity index (χ1) is 8.27. The van der Waals surface area contributed by atoms with Gasteiger partial charge in [-0.2, -0.15) is 0 Å². The van der Waals surface area contributed by atoms with Crippen molar-refractivity contribution >= 4 is 23.6 Å². The highest BCUT2D eigenvalue weighted by Gasteiger charge is 2.05. The number of ether oxygens (including phenoxy) is 2. The quantitative estimate of drug-likeness (QED) is 0.426. The van der Waals surface area contributed by atoms with Crippen LogP contribution in [0.2, 0.25) is 0 Å². The van der Waals surface area contributed by atoms with E-state index >= 15 is 0 Å². The van der Waals surface area contributed by atoms with Crippen LogP contribution in [-0.4, -0.2) is 31.7 Å². The average Bonchev–Trinajstić information content (AvgIpc) is 2.38. The summed E-state index contributed by atoms with van der Waals surface area (Å²) in [5, 5.41) is 0. The third kappa shape index (κ3) is 5.02. The van der Waals surface area contributed by atoms with Crippen molar-refractivity contribution in [2.75, 3.05) is 25.7 Å². The molecule has 17 heavy (non-hydrogen) atoms. The molecular weight excluding hydrogens is 240 g/mol. The second-order valence-electron chi connectivity index (χ2n) is 3.26. The minimum Gasteiger partial charge on any atom is -0.460 e. The second kappa shape index (κ2) is 7.87. The molecule has 92 valence electrons. The largest absolute Gasteiger partial charge is 0.460 e. The van der Waals surface area contributed by atoms with Crippen molar-refractivity contribution in [1.82, 2.24) is 0 Å². The normalized spacial score (nSPS) is 9.94. The molecule has 1 aromatic rings. The fourth-order valence-electron chi connectivity index (χ4n) is 1.19. The van der Waals surface area contributed by atoms with Crippen molar-refractivity contribution in [3.63, 3.8) is 0 Å². The lowest BCUT2D eigenvalue weighted by Crippen LogP contribution is -2.11. The van der Waals surface area contributed by atoms with Crippen LogP contribution in [0.25, 0.3) is 6.08 Å². The molecule has 0 aromatic heterocycles. The van der Waals surface area contributed by atoms with E-state index in [1.165, 1.54) is 0 Å². The third-order valence-electron chi connectivity index (χ3n) is 2.06. The maximum atomic E-state index is 11.5. The molecule has 0 spiro atoms. The molecule has 0 amide bonds. The average molecular weight is 255 g/mol. The van der Waals surface area contributed by atoms with E-state index in [2.05, 4.69) is 6.58 Å². The molecule has 0 unspecified atom stereocenters. The van der Waals surface area contributed by atoms with Crippen LogP contribution < -0.4 is 0 Å². The second-order valence-corrected chi connectivity index (χ2v) is 3.64. The number of rotatable bonds is 7. The fraction of sp³-hybridized carbons (Fsp3) is 0.308. The van der Waals surface area contributed by atoms with Crippen molar-refractivity contribution in [3.05, 3.63) is 42.0 Å². The number of carbonyl (C=O) groups is 1. The molecule has 0 atom stereocenters. The van der Waals surface area contributed by atoms with Crippen molar-refractivity contribution in [1.29, 1.82) is 0 Å². The summed E-state index contributed by atoms with van der Waals surface area (Å²) < 4.78 is 10.1. The molecule has 0 aliphatic rings. The molecular formula is C13H15ClO3. The highest BCUT2D eigenvalue weighted by Crippen LogP contribution is 2.06. The predicted octanol–water partition coefficient (Wildman–Crippen LogP) is 2.74. The summed E-state index contributed by atoms with van der Waals surface area (Å²) in [7, 11) is 0. The van der Waals surface area contributed by atoms with Gasteiger partial charge in [0.25, 0.3) is 0 Å². The van der Waals surface area contributed by atoms with E-state index in [0.717, 1.165) is 5.56 Å². The predicted molar refractivity (Wildman–Crippen MR) is 68.4 cm³/mol. The lowest BCUT2D eigenvalue weighted by atomic mass is 10.1. The molecule has 0 aliphatic heterocycles. The van der Waals surface area contributed by atoms with Gasteiger partial charge in [0.2, 0.25) is 0 Å². The summed E-state index contributed by atoms with van der Waals surface area (Å²) in [5.74, 6) is 0.0897. The van der Waals surface area contributed by atoms with Crippen LogP contribution >= 0.6 is 11.6 Å². The smallest absolute Gasteiger partial charge is 0.338 e. The van der Waals surface area contributed by atoms with Gasteiger partial charge in [-0.05, 0) is 17.7 Å². The van der Waals surface area contributed by atoms with Crippen molar-refractivity contribution in [2.45, 2.75) is 0 Å².